The Kier molecular flexibility index (Phi) is 20.9. The fourth-order valence-corrected chi connectivity index (χ4v) is 1.97. The SMILES string of the molecule is CCCCCCCCCCCC(=O)OCC(O)CO.O=C(O)C(O)CO. The number of carboxylic acids is 1. The Hall–Kier alpha value is -1.22. The summed E-state index contributed by atoms with van der Waals surface area (Å²) in [5.74, 6) is -1.68. The van der Waals surface area contributed by atoms with Gasteiger partial charge in [0.25, 0.3) is 0 Å². The molecule has 0 aromatic carbocycles. The zero-order valence-electron chi connectivity index (χ0n) is 15.8. The molecule has 2 unspecified atom stereocenters. The summed E-state index contributed by atoms with van der Waals surface area (Å²) < 4.78 is 4.82. The lowest BCUT2D eigenvalue weighted by Gasteiger charge is -2.08. The Morgan fingerprint density at radius 3 is 1.73 bits per heavy atom. The summed E-state index contributed by atoms with van der Waals surface area (Å²) in [6.45, 7) is 1.02. The van der Waals surface area contributed by atoms with Gasteiger partial charge < -0.3 is 30.3 Å². The quantitative estimate of drug-likeness (QED) is 0.211. The molecule has 0 saturated carbocycles. The lowest BCUT2D eigenvalue weighted by Crippen LogP contribution is -2.22. The van der Waals surface area contributed by atoms with Crippen molar-refractivity contribution in [1.82, 2.24) is 0 Å². The highest BCUT2D eigenvalue weighted by Crippen LogP contribution is 2.10. The highest BCUT2D eigenvalue weighted by atomic mass is 16.5. The highest BCUT2D eigenvalue weighted by molar-refractivity contribution is 5.71. The Labute approximate surface area is 155 Å². The van der Waals surface area contributed by atoms with Gasteiger partial charge in [-0.2, -0.15) is 0 Å². The zero-order valence-corrected chi connectivity index (χ0v) is 15.8. The van der Waals surface area contributed by atoms with E-state index in [2.05, 4.69) is 6.92 Å². The smallest absolute Gasteiger partial charge is 0.334 e. The number of carbonyl (C=O) groups excluding carboxylic acids is 1. The van der Waals surface area contributed by atoms with Gasteiger partial charge in [-0.05, 0) is 6.42 Å². The van der Waals surface area contributed by atoms with Crippen molar-refractivity contribution in [3.8, 4) is 0 Å². The van der Waals surface area contributed by atoms with Gasteiger partial charge in [0.15, 0.2) is 6.10 Å². The van der Waals surface area contributed by atoms with E-state index in [1.165, 1.54) is 44.9 Å². The maximum absolute atomic E-state index is 11.3. The Bertz CT molecular complexity index is 335. The standard InChI is InChI=1S/C15H30O4.C3H6O4/c1-2-3-4-5-6-7-8-9-10-11-15(18)19-13-14(17)12-16;4-1-2(5)3(6)7/h14,16-17H,2-13H2,1H3;2,4-5H,1H2,(H,6,7). The molecule has 8 nitrogen and oxygen atoms in total. The molecule has 0 aromatic rings. The topological polar surface area (TPSA) is 145 Å². The van der Waals surface area contributed by atoms with Crippen LogP contribution >= 0.6 is 0 Å². The molecule has 0 heterocycles. The summed E-state index contributed by atoms with van der Waals surface area (Å²) in [6.07, 6.45) is 8.77. The molecule has 8 heteroatoms. The molecule has 26 heavy (non-hydrogen) atoms. The fourth-order valence-electron chi connectivity index (χ4n) is 1.97. The molecule has 0 amide bonds. The number of aliphatic hydroxyl groups is 4. The van der Waals surface area contributed by atoms with Gasteiger partial charge in [0, 0.05) is 6.42 Å². The van der Waals surface area contributed by atoms with Crippen molar-refractivity contribution in [2.75, 3.05) is 19.8 Å². The van der Waals surface area contributed by atoms with Crippen molar-refractivity contribution in [3.63, 3.8) is 0 Å². The first-order valence-corrected chi connectivity index (χ1v) is 9.35. The van der Waals surface area contributed by atoms with E-state index in [9.17, 15) is 9.59 Å². The van der Waals surface area contributed by atoms with Gasteiger partial charge in [0.2, 0.25) is 0 Å². The molecule has 5 N–H and O–H groups in total. The molecule has 0 fully saturated rings. The average molecular weight is 380 g/mol. The number of rotatable bonds is 15. The van der Waals surface area contributed by atoms with Crippen LogP contribution in [0.2, 0.25) is 0 Å². The van der Waals surface area contributed by atoms with Crippen LogP contribution < -0.4 is 0 Å². The molecule has 2 atom stereocenters. The van der Waals surface area contributed by atoms with Gasteiger partial charge in [-0.3, -0.25) is 4.79 Å². The lowest BCUT2D eigenvalue weighted by atomic mass is 10.1. The largest absolute Gasteiger partial charge is 0.479 e. The number of hydrogen-bond donors (Lipinski definition) is 5. The van der Waals surface area contributed by atoms with Crippen molar-refractivity contribution in [1.29, 1.82) is 0 Å². The summed E-state index contributed by atoms with van der Waals surface area (Å²) >= 11 is 0. The van der Waals surface area contributed by atoms with Gasteiger partial charge in [0.05, 0.1) is 13.2 Å². The first-order valence-electron chi connectivity index (χ1n) is 9.35. The van der Waals surface area contributed by atoms with E-state index < -0.39 is 24.8 Å². The minimum absolute atomic E-state index is 0.104. The summed E-state index contributed by atoms with van der Waals surface area (Å²) in [5.41, 5.74) is 0. The average Bonchev–Trinajstić information content (AvgIpc) is 2.64. The predicted octanol–water partition coefficient (Wildman–Crippen LogP) is 1.23. The van der Waals surface area contributed by atoms with E-state index >= 15 is 0 Å². The molecule has 0 spiro atoms. The Morgan fingerprint density at radius 1 is 0.846 bits per heavy atom. The summed E-state index contributed by atoms with van der Waals surface area (Å²) in [7, 11) is 0. The minimum atomic E-state index is -1.63. The Morgan fingerprint density at radius 2 is 1.35 bits per heavy atom. The zero-order chi connectivity index (χ0) is 20.2. The molecule has 0 aliphatic carbocycles. The first kappa shape index (κ1) is 27.0. The molecule has 0 rings (SSSR count). The van der Waals surface area contributed by atoms with Crippen molar-refractivity contribution in [3.05, 3.63) is 0 Å². The third kappa shape index (κ3) is 20.8. The van der Waals surface area contributed by atoms with Crippen LogP contribution in [-0.2, 0) is 14.3 Å². The number of esters is 1. The van der Waals surface area contributed by atoms with E-state index in [4.69, 9.17) is 30.3 Å². The minimum Gasteiger partial charge on any atom is -0.479 e. The Balaban J connectivity index is 0. The summed E-state index contributed by atoms with van der Waals surface area (Å²) in [5, 5.41) is 41.3. The number of aliphatic carboxylic acids is 1. The maximum Gasteiger partial charge on any atom is 0.334 e. The second-order valence-corrected chi connectivity index (χ2v) is 6.13. The third-order valence-corrected chi connectivity index (χ3v) is 3.59. The molecular formula is C18H36O8. The van der Waals surface area contributed by atoms with E-state index in [1.54, 1.807) is 0 Å². The van der Waals surface area contributed by atoms with E-state index in [0.29, 0.717) is 6.42 Å². The summed E-state index contributed by atoms with van der Waals surface area (Å²) in [4.78, 5) is 20.8. The molecule has 0 aliphatic rings. The number of aliphatic hydroxyl groups excluding tert-OH is 4. The van der Waals surface area contributed by atoms with Crippen LogP contribution in [0.1, 0.15) is 71.1 Å². The van der Waals surface area contributed by atoms with Gasteiger partial charge in [-0.25, -0.2) is 4.79 Å². The number of carbonyl (C=O) groups is 2. The number of hydrogen-bond acceptors (Lipinski definition) is 7. The molecule has 0 aromatic heterocycles. The van der Waals surface area contributed by atoms with Crippen molar-refractivity contribution in [2.45, 2.75) is 83.3 Å². The van der Waals surface area contributed by atoms with Gasteiger partial charge >= 0.3 is 11.9 Å². The van der Waals surface area contributed by atoms with Crippen LogP contribution in [0, 0.1) is 0 Å². The van der Waals surface area contributed by atoms with Crippen LogP contribution in [0.4, 0.5) is 0 Å². The number of unbranched alkanes of at least 4 members (excludes halogenated alkanes) is 8. The van der Waals surface area contributed by atoms with Crippen molar-refractivity contribution < 1.29 is 39.9 Å². The monoisotopic (exact) mass is 380 g/mol. The van der Waals surface area contributed by atoms with Crippen LogP contribution in [0.25, 0.3) is 0 Å². The second kappa shape index (κ2) is 20.1. The predicted molar refractivity (Wildman–Crippen MR) is 96.6 cm³/mol. The van der Waals surface area contributed by atoms with E-state index in [-0.39, 0.29) is 19.2 Å². The van der Waals surface area contributed by atoms with E-state index in [1.807, 2.05) is 0 Å². The molecule has 0 saturated heterocycles. The maximum atomic E-state index is 11.3. The van der Waals surface area contributed by atoms with Crippen LogP contribution in [0.15, 0.2) is 0 Å². The molecule has 156 valence electrons. The van der Waals surface area contributed by atoms with Crippen LogP contribution in [0.5, 0.6) is 0 Å². The van der Waals surface area contributed by atoms with Gasteiger partial charge in [0.1, 0.15) is 12.7 Å². The fraction of sp³-hybridized carbons (Fsp3) is 0.889. The number of ether oxygens (including phenoxy) is 1. The van der Waals surface area contributed by atoms with E-state index in [0.717, 1.165) is 12.8 Å². The first-order chi connectivity index (χ1) is 12.4. The third-order valence-electron chi connectivity index (χ3n) is 3.59. The van der Waals surface area contributed by atoms with Crippen molar-refractivity contribution in [2.24, 2.45) is 0 Å². The van der Waals surface area contributed by atoms with Crippen molar-refractivity contribution >= 4 is 11.9 Å². The van der Waals surface area contributed by atoms with Gasteiger partial charge in [-0.15, -0.1) is 0 Å². The summed E-state index contributed by atoms with van der Waals surface area (Å²) in [6, 6.07) is 0. The molecule has 0 aliphatic heterocycles. The number of carboxylic acid groups (broad SMARTS) is 1. The van der Waals surface area contributed by atoms with Gasteiger partial charge in [-0.1, -0.05) is 58.3 Å². The molecule has 0 radical (unpaired) electrons. The second-order valence-electron chi connectivity index (χ2n) is 6.13. The molecular weight excluding hydrogens is 344 g/mol. The lowest BCUT2D eigenvalue weighted by molar-refractivity contribution is -0.149. The van der Waals surface area contributed by atoms with Crippen LogP contribution in [0.3, 0.4) is 0 Å². The normalized spacial score (nSPS) is 12.7. The highest BCUT2D eigenvalue weighted by Gasteiger charge is 2.09. The van der Waals surface area contributed by atoms with Crippen LogP contribution in [-0.4, -0.2) is 69.5 Å². The molecule has 0 bridgehead atoms.